The van der Waals surface area contributed by atoms with Crippen molar-refractivity contribution in [3.8, 4) is 0 Å². The fraction of sp³-hybridized carbons (Fsp3) is 0.250. The summed E-state index contributed by atoms with van der Waals surface area (Å²) in [5.74, 6) is 0.163. The topological polar surface area (TPSA) is 42.0 Å². The summed E-state index contributed by atoms with van der Waals surface area (Å²) >= 11 is 12.9. The Bertz CT molecular complexity index is 1210. The van der Waals surface area contributed by atoms with Crippen molar-refractivity contribution in [2.45, 2.75) is 32.7 Å². The van der Waals surface area contributed by atoms with Gasteiger partial charge in [0.05, 0.1) is 21.6 Å². The van der Waals surface area contributed by atoms with Crippen molar-refractivity contribution >= 4 is 51.1 Å². The monoisotopic (exact) mass is 422 g/mol. The quantitative estimate of drug-likeness (QED) is 0.465. The highest BCUT2D eigenvalue weighted by atomic mass is 35.5. The Labute approximate surface area is 179 Å². The molecule has 3 nitrogen and oxygen atoms in total. The first-order valence-corrected chi connectivity index (χ1v) is 10.5. The predicted molar refractivity (Wildman–Crippen MR) is 120 cm³/mol. The maximum Gasteiger partial charge on any atom is 0.162 e. The maximum atomic E-state index is 13.4. The van der Waals surface area contributed by atoms with E-state index in [0.717, 1.165) is 45.3 Å². The number of nitrogens with zero attached hydrogens (tertiary/aromatic N) is 1. The van der Waals surface area contributed by atoms with E-state index in [9.17, 15) is 4.79 Å². The second-order valence-electron chi connectivity index (χ2n) is 8.61. The van der Waals surface area contributed by atoms with Gasteiger partial charge in [0.25, 0.3) is 0 Å². The van der Waals surface area contributed by atoms with Crippen molar-refractivity contribution < 1.29 is 4.79 Å². The van der Waals surface area contributed by atoms with Crippen LogP contribution in [0.4, 0.5) is 5.69 Å². The third kappa shape index (κ3) is 2.95. The molecule has 2 heterocycles. The molecular weight excluding hydrogens is 403 g/mol. The molecule has 5 heteroatoms. The number of Topliss-reactive ketones (excluding diaryl/α,β-unsaturated/α-hetero) is 1. The summed E-state index contributed by atoms with van der Waals surface area (Å²) in [6.45, 7) is 4.31. The number of nitrogens with one attached hydrogen (secondary N) is 1. The Hall–Kier alpha value is -2.36. The number of allylic oxidation sites excluding steroid dienone is 1. The van der Waals surface area contributed by atoms with Crippen LogP contribution < -0.4 is 5.32 Å². The van der Waals surface area contributed by atoms with E-state index in [4.69, 9.17) is 23.2 Å². The number of fused-ring (bicyclic) bond motifs is 4. The molecule has 3 aromatic rings. The van der Waals surface area contributed by atoms with Crippen LogP contribution in [0, 0.1) is 5.41 Å². The van der Waals surface area contributed by atoms with Crippen LogP contribution >= 0.6 is 23.2 Å². The zero-order chi connectivity index (χ0) is 20.3. The fourth-order valence-electron chi connectivity index (χ4n) is 4.69. The first kappa shape index (κ1) is 18.7. The van der Waals surface area contributed by atoms with Gasteiger partial charge in [-0.1, -0.05) is 55.2 Å². The van der Waals surface area contributed by atoms with Crippen molar-refractivity contribution in [3.63, 3.8) is 0 Å². The first-order valence-electron chi connectivity index (χ1n) is 9.70. The van der Waals surface area contributed by atoms with E-state index in [1.165, 1.54) is 0 Å². The number of halogens is 2. The van der Waals surface area contributed by atoms with Crippen LogP contribution in [0.5, 0.6) is 0 Å². The van der Waals surface area contributed by atoms with E-state index in [0.29, 0.717) is 16.5 Å². The van der Waals surface area contributed by atoms with Gasteiger partial charge in [-0.25, -0.2) is 0 Å². The zero-order valence-electron chi connectivity index (χ0n) is 16.2. The second kappa shape index (κ2) is 6.58. The van der Waals surface area contributed by atoms with Crippen molar-refractivity contribution in [1.29, 1.82) is 0 Å². The molecular formula is C24H20Cl2N2O. The molecule has 29 heavy (non-hydrogen) atoms. The van der Waals surface area contributed by atoms with Gasteiger partial charge in [0, 0.05) is 34.8 Å². The van der Waals surface area contributed by atoms with Crippen molar-refractivity contribution in [3.05, 3.63) is 75.4 Å². The highest BCUT2D eigenvalue weighted by Crippen LogP contribution is 2.52. The number of anilines is 1. The predicted octanol–water partition coefficient (Wildman–Crippen LogP) is 6.85. The number of hydrogen-bond acceptors (Lipinski definition) is 3. The summed E-state index contributed by atoms with van der Waals surface area (Å²) < 4.78 is 0. The van der Waals surface area contributed by atoms with Gasteiger partial charge in [-0.05, 0) is 47.2 Å². The first-order chi connectivity index (χ1) is 13.9. The van der Waals surface area contributed by atoms with Gasteiger partial charge in [-0.15, -0.1) is 0 Å². The SMILES string of the molecule is CC1(C)CC(=O)C2=C(C1)c1c(ccc3ncccc13)N[C@H]2c1cccc(Cl)c1Cl. The Morgan fingerprint density at radius 1 is 1.07 bits per heavy atom. The highest BCUT2D eigenvalue weighted by Gasteiger charge is 2.41. The molecule has 5 rings (SSSR count). The molecule has 0 saturated heterocycles. The van der Waals surface area contributed by atoms with Crippen LogP contribution in [0.1, 0.15) is 43.9 Å². The molecule has 0 fully saturated rings. The molecule has 2 aromatic carbocycles. The normalized spacial score (nSPS) is 20.3. The van der Waals surface area contributed by atoms with Crippen LogP contribution in [0.2, 0.25) is 10.0 Å². The molecule has 0 unspecified atom stereocenters. The Morgan fingerprint density at radius 2 is 1.90 bits per heavy atom. The molecule has 0 amide bonds. The molecule has 0 radical (unpaired) electrons. The zero-order valence-corrected chi connectivity index (χ0v) is 17.7. The van der Waals surface area contributed by atoms with Gasteiger partial charge < -0.3 is 5.32 Å². The van der Waals surface area contributed by atoms with Crippen molar-refractivity contribution in [1.82, 2.24) is 4.98 Å². The summed E-state index contributed by atoms with van der Waals surface area (Å²) in [7, 11) is 0. The minimum Gasteiger partial charge on any atom is -0.373 e. The van der Waals surface area contributed by atoms with E-state index in [1.807, 2.05) is 30.3 Å². The van der Waals surface area contributed by atoms with Crippen LogP contribution in [-0.4, -0.2) is 10.8 Å². The average Bonchev–Trinajstić information content (AvgIpc) is 2.68. The fourth-order valence-corrected chi connectivity index (χ4v) is 5.11. The molecule has 0 saturated carbocycles. The van der Waals surface area contributed by atoms with Gasteiger partial charge in [0.2, 0.25) is 0 Å². The van der Waals surface area contributed by atoms with E-state index >= 15 is 0 Å². The number of rotatable bonds is 1. The number of pyridine rings is 1. The Kier molecular flexibility index (Phi) is 4.23. The van der Waals surface area contributed by atoms with E-state index in [1.54, 1.807) is 12.3 Å². The number of carbonyl (C=O) groups is 1. The van der Waals surface area contributed by atoms with Crippen LogP contribution in [-0.2, 0) is 4.79 Å². The number of carbonyl (C=O) groups excluding carboxylic acids is 1. The lowest BCUT2D eigenvalue weighted by atomic mass is 9.68. The highest BCUT2D eigenvalue weighted by molar-refractivity contribution is 6.42. The summed E-state index contributed by atoms with van der Waals surface area (Å²) in [6, 6.07) is 13.3. The van der Waals surface area contributed by atoms with Gasteiger partial charge in [-0.3, -0.25) is 9.78 Å². The van der Waals surface area contributed by atoms with Gasteiger partial charge in [0.1, 0.15) is 0 Å². The van der Waals surface area contributed by atoms with Crippen LogP contribution in [0.3, 0.4) is 0 Å². The lowest BCUT2D eigenvalue weighted by molar-refractivity contribution is -0.118. The average molecular weight is 423 g/mol. The van der Waals surface area contributed by atoms with Crippen LogP contribution in [0.15, 0.2) is 54.2 Å². The van der Waals surface area contributed by atoms with E-state index in [-0.39, 0.29) is 17.2 Å². The van der Waals surface area contributed by atoms with Crippen LogP contribution in [0.25, 0.3) is 16.5 Å². The summed E-state index contributed by atoms with van der Waals surface area (Å²) in [6.07, 6.45) is 3.14. The standard InChI is InChI=1S/C24H20Cl2N2O/c1-24(2)11-15-20-13-6-4-10-27-17(13)8-9-18(20)28-23(21(15)19(29)12-24)14-5-3-7-16(25)22(14)26/h3-10,23,28H,11-12H2,1-2H3/t23-/m0/s1. The number of ketones is 1. The second-order valence-corrected chi connectivity index (χ2v) is 9.40. The Balaban J connectivity index is 1.83. The maximum absolute atomic E-state index is 13.4. The molecule has 146 valence electrons. The third-order valence-corrected chi connectivity index (χ3v) is 6.72. The lowest BCUT2D eigenvalue weighted by Gasteiger charge is -2.40. The van der Waals surface area contributed by atoms with Gasteiger partial charge >= 0.3 is 0 Å². The van der Waals surface area contributed by atoms with Gasteiger partial charge in [-0.2, -0.15) is 0 Å². The number of benzene rings is 2. The molecule has 0 spiro atoms. The third-order valence-electron chi connectivity index (χ3n) is 5.89. The van der Waals surface area contributed by atoms with Crippen molar-refractivity contribution in [2.24, 2.45) is 5.41 Å². The summed E-state index contributed by atoms with van der Waals surface area (Å²) in [5.41, 5.74) is 5.64. The Morgan fingerprint density at radius 3 is 2.72 bits per heavy atom. The molecule has 2 aliphatic rings. The molecule has 1 aliphatic carbocycles. The number of aromatic nitrogens is 1. The minimum absolute atomic E-state index is 0.0996. The summed E-state index contributed by atoms with van der Waals surface area (Å²) in [4.78, 5) is 17.9. The molecule has 0 bridgehead atoms. The van der Waals surface area contributed by atoms with E-state index in [2.05, 4.69) is 30.2 Å². The smallest absolute Gasteiger partial charge is 0.162 e. The molecule has 1 aromatic heterocycles. The minimum atomic E-state index is -0.318. The molecule has 1 N–H and O–H groups in total. The summed E-state index contributed by atoms with van der Waals surface area (Å²) in [5, 5.41) is 5.62. The number of hydrogen-bond donors (Lipinski definition) is 1. The van der Waals surface area contributed by atoms with Crippen molar-refractivity contribution in [2.75, 3.05) is 5.32 Å². The lowest BCUT2D eigenvalue weighted by Crippen LogP contribution is -2.33. The van der Waals surface area contributed by atoms with Gasteiger partial charge in [0.15, 0.2) is 5.78 Å². The van der Waals surface area contributed by atoms with E-state index < -0.39 is 0 Å². The molecule has 1 atom stereocenters. The largest absolute Gasteiger partial charge is 0.373 e. The molecule has 1 aliphatic heterocycles.